The molecule has 5 heteroatoms. The molecule has 0 amide bonds. The minimum absolute atomic E-state index is 0.147. The molecule has 1 aliphatic rings. The van der Waals surface area contributed by atoms with E-state index in [9.17, 15) is 8.42 Å². The summed E-state index contributed by atoms with van der Waals surface area (Å²) < 4.78 is 28.9. The Bertz CT molecular complexity index is 274. The largest absolute Gasteiger partial charge is 0.380 e. The Hall–Kier alpha value is -0.130. The van der Waals surface area contributed by atoms with Crippen LogP contribution < -0.4 is 5.73 Å². The molecule has 0 aromatic carbocycles. The molecule has 0 aromatic rings. The van der Waals surface area contributed by atoms with E-state index in [0.29, 0.717) is 13.0 Å². The molecule has 1 heterocycles. The molecule has 1 saturated heterocycles. The van der Waals surface area contributed by atoms with Crippen molar-refractivity contribution in [2.75, 3.05) is 19.0 Å². The normalized spacial score (nSPS) is 29.4. The van der Waals surface area contributed by atoms with Gasteiger partial charge in [-0.2, -0.15) is 0 Å². The molecule has 0 spiro atoms. The molecule has 0 aromatic heterocycles. The maximum absolute atomic E-state index is 11.8. The fourth-order valence-corrected chi connectivity index (χ4v) is 3.84. The third-order valence-corrected chi connectivity index (χ3v) is 4.92. The van der Waals surface area contributed by atoms with Gasteiger partial charge in [0.15, 0.2) is 9.84 Å². The molecule has 1 aliphatic heterocycles. The van der Waals surface area contributed by atoms with Gasteiger partial charge in [-0.05, 0) is 12.3 Å². The second-order valence-corrected chi connectivity index (χ2v) is 6.55. The number of ether oxygens (including phenoxy) is 1. The molecule has 0 radical (unpaired) electrons. The van der Waals surface area contributed by atoms with Crippen molar-refractivity contribution in [2.45, 2.75) is 31.6 Å². The predicted octanol–water partition coefficient (Wildman–Crippen LogP) is 0.173. The van der Waals surface area contributed by atoms with Crippen LogP contribution in [0.25, 0.3) is 0 Å². The number of sulfone groups is 1. The summed E-state index contributed by atoms with van der Waals surface area (Å²) in [6, 6.07) is -0.257. The Labute approximate surface area is 85.7 Å². The highest BCUT2D eigenvalue weighted by molar-refractivity contribution is 7.92. The lowest BCUT2D eigenvalue weighted by Gasteiger charge is -2.28. The smallest absolute Gasteiger partial charge is 0.157 e. The standard InChI is InChI=1S/C9H19NO3S/c1-7(2)6-14(11,12)9-5-13-4-3-8(9)10/h7-9H,3-6,10H2,1-2H3. The van der Waals surface area contributed by atoms with Gasteiger partial charge in [0.25, 0.3) is 0 Å². The summed E-state index contributed by atoms with van der Waals surface area (Å²) in [5.41, 5.74) is 5.78. The van der Waals surface area contributed by atoms with Crippen molar-refractivity contribution in [1.82, 2.24) is 0 Å². The van der Waals surface area contributed by atoms with Crippen molar-refractivity contribution in [3.63, 3.8) is 0 Å². The van der Waals surface area contributed by atoms with Gasteiger partial charge < -0.3 is 10.5 Å². The lowest BCUT2D eigenvalue weighted by atomic mass is 10.1. The van der Waals surface area contributed by atoms with Crippen LogP contribution in [0.1, 0.15) is 20.3 Å². The average molecular weight is 221 g/mol. The SMILES string of the molecule is CC(C)CS(=O)(=O)C1COCCC1N. The van der Waals surface area contributed by atoms with E-state index in [4.69, 9.17) is 10.5 Å². The molecular formula is C9H19NO3S. The maximum atomic E-state index is 11.8. The van der Waals surface area contributed by atoms with Gasteiger partial charge in [-0.1, -0.05) is 13.8 Å². The topological polar surface area (TPSA) is 69.4 Å². The van der Waals surface area contributed by atoms with Crippen LogP contribution in [-0.2, 0) is 14.6 Å². The van der Waals surface area contributed by atoms with Crippen molar-refractivity contribution in [3.8, 4) is 0 Å². The molecule has 2 unspecified atom stereocenters. The molecular weight excluding hydrogens is 202 g/mol. The molecule has 84 valence electrons. The van der Waals surface area contributed by atoms with E-state index < -0.39 is 15.1 Å². The highest BCUT2D eigenvalue weighted by Gasteiger charge is 2.34. The fourth-order valence-electron chi connectivity index (χ4n) is 1.69. The highest BCUT2D eigenvalue weighted by atomic mass is 32.2. The van der Waals surface area contributed by atoms with Crippen LogP contribution in [0.15, 0.2) is 0 Å². The summed E-state index contributed by atoms with van der Waals surface area (Å²) in [4.78, 5) is 0. The Balaban J connectivity index is 2.70. The molecule has 4 nitrogen and oxygen atoms in total. The van der Waals surface area contributed by atoms with Gasteiger partial charge >= 0.3 is 0 Å². The van der Waals surface area contributed by atoms with E-state index >= 15 is 0 Å². The molecule has 0 saturated carbocycles. The van der Waals surface area contributed by atoms with Crippen LogP contribution in [-0.4, -0.2) is 38.7 Å². The molecule has 14 heavy (non-hydrogen) atoms. The molecule has 2 atom stereocenters. The van der Waals surface area contributed by atoms with E-state index in [-0.39, 0.29) is 24.3 Å². The van der Waals surface area contributed by atoms with E-state index in [1.807, 2.05) is 13.8 Å². The second-order valence-electron chi connectivity index (χ2n) is 4.29. The van der Waals surface area contributed by atoms with Crippen molar-refractivity contribution >= 4 is 9.84 Å². The van der Waals surface area contributed by atoms with Crippen LogP contribution in [0.5, 0.6) is 0 Å². The van der Waals surface area contributed by atoms with Crippen molar-refractivity contribution in [3.05, 3.63) is 0 Å². The molecule has 1 fully saturated rings. The highest BCUT2D eigenvalue weighted by Crippen LogP contribution is 2.16. The number of rotatable bonds is 3. The summed E-state index contributed by atoms with van der Waals surface area (Å²) in [6.07, 6.45) is 0.641. The van der Waals surface area contributed by atoms with E-state index in [1.165, 1.54) is 0 Å². The van der Waals surface area contributed by atoms with Crippen molar-refractivity contribution in [2.24, 2.45) is 11.7 Å². The van der Waals surface area contributed by atoms with Crippen LogP contribution >= 0.6 is 0 Å². The minimum Gasteiger partial charge on any atom is -0.380 e. The second kappa shape index (κ2) is 4.59. The van der Waals surface area contributed by atoms with Crippen LogP contribution in [0, 0.1) is 5.92 Å². The van der Waals surface area contributed by atoms with Crippen molar-refractivity contribution < 1.29 is 13.2 Å². The maximum Gasteiger partial charge on any atom is 0.157 e. The predicted molar refractivity (Wildman–Crippen MR) is 55.8 cm³/mol. The summed E-state index contributed by atoms with van der Waals surface area (Å²) in [7, 11) is -3.08. The lowest BCUT2D eigenvalue weighted by molar-refractivity contribution is 0.0891. The van der Waals surface area contributed by atoms with Gasteiger partial charge in [0, 0.05) is 12.6 Å². The van der Waals surface area contributed by atoms with Gasteiger partial charge in [-0.15, -0.1) is 0 Å². The van der Waals surface area contributed by atoms with Gasteiger partial charge in [0.2, 0.25) is 0 Å². The Morgan fingerprint density at radius 1 is 1.50 bits per heavy atom. The van der Waals surface area contributed by atoms with Gasteiger partial charge in [-0.3, -0.25) is 0 Å². The zero-order chi connectivity index (χ0) is 10.8. The average Bonchev–Trinajstić information content (AvgIpc) is 2.02. The summed E-state index contributed by atoms with van der Waals surface area (Å²) >= 11 is 0. The van der Waals surface area contributed by atoms with E-state index in [2.05, 4.69) is 0 Å². The molecule has 0 aliphatic carbocycles. The molecule has 0 bridgehead atoms. The van der Waals surface area contributed by atoms with Crippen LogP contribution in [0.2, 0.25) is 0 Å². The van der Waals surface area contributed by atoms with Crippen LogP contribution in [0.3, 0.4) is 0 Å². The fraction of sp³-hybridized carbons (Fsp3) is 1.00. The van der Waals surface area contributed by atoms with E-state index in [0.717, 1.165) is 0 Å². The summed E-state index contributed by atoms with van der Waals surface area (Å²) in [6.45, 7) is 4.63. The first-order valence-corrected chi connectivity index (χ1v) is 6.70. The number of hydrogen-bond acceptors (Lipinski definition) is 4. The quantitative estimate of drug-likeness (QED) is 0.737. The first-order valence-electron chi connectivity index (χ1n) is 4.98. The molecule has 1 rings (SSSR count). The third kappa shape index (κ3) is 2.93. The van der Waals surface area contributed by atoms with Gasteiger partial charge in [-0.25, -0.2) is 8.42 Å². The lowest BCUT2D eigenvalue weighted by Crippen LogP contribution is -2.48. The summed E-state index contributed by atoms with van der Waals surface area (Å²) in [5, 5.41) is -0.501. The number of nitrogens with two attached hydrogens (primary N) is 1. The third-order valence-electron chi connectivity index (χ3n) is 2.38. The molecule has 2 N–H and O–H groups in total. The Morgan fingerprint density at radius 2 is 2.14 bits per heavy atom. The van der Waals surface area contributed by atoms with Gasteiger partial charge in [0.1, 0.15) is 0 Å². The Morgan fingerprint density at radius 3 is 2.64 bits per heavy atom. The summed E-state index contributed by atoms with van der Waals surface area (Å²) in [5.74, 6) is 0.350. The zero-order valence-electron chi connectivity index (χ0n) is 8.77. The van der Waals surface area contributed by atoms with E-state index in [1.54, 1.807) is 0 Å². The zero-order valence-corrected chi connectivity index (χ0v) is 9.59. The first-order chi connectivity index (χ1) is 6.43. The van der Waals surface area contributed by atoms with Crippen molar-refractivity contribution in [1.29, 1.82) is 0 Å². The van der Waals surface area contributed by atoms with Crippen LogP contribution in [0.4, 0.5) is 0 Å². The minimum atomic E-state index is -3.08. The van der Waals surface area contributed by atoms with Gasteiger partial charge in [0.05, 0.1) is 17.6 Å². The monoisotopic (exact) mass is 221 g/mol. The first kappa shape index (κ1) is 11.9. The number of hydrogen-bond donors (Lipinski definition) is 1. The Kier molecular flexibility index (Phi) is 3.92.